The lowest BCUT2D eigenvalue weighted by Crippen LogP contribution is -2.45. The summed E-state index contributed by atoms with van der Waals surface area (Å²) in [5.74, 6) is 0.731. The Balaban J connectivity index is 1.93. The molecule has 0 aliphatic carbocycles. The van der Waals surface area contributed by atoms with Gasteiger partial charge in [-0.2, -0.15) is 0 Å². The smallest absolute Gasteiger partial charge is 0.163 e. The molecule has 0 saturated carbocycles. The van der Waals surface area contributed by atoms with E-state index in [4.69, 9.17) is 9.47 Å². The van der Waals surface area contributed by atoms with Gasteiger partial charge in [-0.3, -0.25) is 0 Å². The van der Waals surface area contributed by atoms with Crippen LogP contribution in [0.15, 0.2) is 0 Å². The minimum Gasteiger partial charge on any atom is -0.352 e. The van der Waals surface area contributed by atoms with Crippen LogP contribution in [-0.2, 0) is 9.47 Å². The minimum atomic E-state index is 0.176. The van der Waals surface area contributed by atoms with Gasteiger partial charge in [0.05, 0.1) is 12.7 Å². The van der Waals surface area contributed by atoms with Crippen LogP contribution in [-0.4, -0.2) is 19.0 Å². The standard InChI is InChI=1S/C7H12O2/c1-2-6-5-3-4-8-7(5)9-6/h5-7H,2-4H2,1H3/t5-,6-,7+/m0/s1. The van der Waals surface area contributed by atoms with Gasteiger partial charge < -0.3 is 9.47 Å². The van der Waals surface area contributed by atoms with Gasteiger partial charge in [-0.25, -0.2) is 0 Å². The van der Waals surface area contributed by atoms with E-state index in [-0.39, 0.29) is 6.29 Å². The average molecular weight is 128 g/mol. The number of hydrogen-bond acceptors (Lipinski definition) is 2. The van der Waals surface area contributed by atoms with Crippen molar-refractivity contribution in [1.29, 1.82) is 0 Å². The van der Waals surface area contributed by atoms with E-state index in [0.717, 1.165) is 18.9 Å². The molecule has 2 heteroatoms. The van der Waals surface area contributed by atoms with Crippen molar-refractivity contribution in [3.8, 4) is 0 Å². The van der Waals surface area contributed by atoms with E-state index < -0.39 is 0 Å². The van der Waals surface area contributed by atoms with Gasteiger partial charge in [0, 0.05) is 5.92 Å². The Morgan fingerprint density at radius 2 is 2.44 bits per heavy atom. The highest BCUT2D eigenvalue weighted by Gasteiger charge is 2.45. The van der Waals surface area contributed by atoms with E-state index in [9.17, 15) is 0 Å². The summed E-state index contributed by atoms with van der Waals surface area (Å²) in [6.07, 6.45) is 3.04. The van der Waals surface area contributed by atoms with Crippen LogP contribution in [0.2, 0.25) is 0 Å². The molecule has 0 N–H and O–H groups in total. The maximum absolute atomic E-state index is 5.39. The Kier molecular flexibility index (Phi) is 1.24. The van der Waals surface area contributed by atoms with Crippen LogP contribution in [0.1, 0.15) is 19.8 Å². The predicted molar refractivity (Wildman–Crippen MR) is 33.0 cm³/mol. The fourth-order valence-corrected chi connectivity index (χ4v) is 1.66. The van der Waals surface area contributed by atoms with Crippen molar-refractivity contribution in [2.75, 3.05) is 6.61 Å². The van der Waals surface area contributed by atoms with E-state index in [1.54, 1.807) is 0 Å². The van der Waals surface area contributed by atoms with E-state index in [1.165, 1.54) is 6.42 Å². The van der Waals surface area contributed by atoms with Gasteiger partial charge in [-0.1, -0.05) is 6.92 Å². The van der Waals surface area contributed by atoms with Crippen LogP contribution >= 0.6 is 0 Å². The zero-order chi connectivity index (χ0) is 6.27. The molecule has 0 aromatic rings. The minimum absolute atomic E-state index is 0.176. The Labute approximate surface area is 55.1 Å². The molecule has 2 aliphatic heterocycles. The van der Waals surface area contributed by atoms with Gasteiger partial charge in [0.1, 0.15) is 0 Å². The van der Waals surface area contributed by atoms with E-state index in [1.807, 2.05) is 0 Å². The molecule has 0 aromatic heterocycles. The third-order valence-corrected chi connectivity index (χ3v) is 2.27. The largest absolute Gasteiger partial charge is 0.352 e. The topological polar surface area (TPSA) is 18.5 Å². The van der Waals surface area contributed by atoms with Gasteiger partial charge >= 0.3 is 0 Å². The first kappa shape index (κ1) is 5.69. The molecule has 2 aliphatic rings. The fourth-order valence-electron chi connectivity index (χ4n) is 1.66. The van der Waals surface area contributed by atoms with Crippen molar-refractivity contribution in [2.45, 2.75) is 32.2 Å². The number of rotatable bonds is 1. The van der Waals surface area contributed by atoms with Crippen molar-refractivity contribution in [1.82, 2.24) is 0 Å². The number of fused-ring (bicyclic) bond motifs is 1. The molecule has 9 heavy (non-hydrogen) atoms. The quantitative estimate of drug-likeness (QED) is 0.527. The molecule has 0 spiro atoms. The SMILES string of the molecule is CC[C@@H]1O[C@H]2OCC[C@H]21. The highest BCUT2D eigenvalue weighted by atomic mass is 16.7. The number of hydrogen-bond donors (Lipinski definition) is 0. The molecule has 3 atom stereocenters. The van der Waals surface area contributed by atoms with Gasteiger partial charge in [-0.05, 0) is 12.8 Å². The Morgan fingerprint density at radius 3 is 3.11 bits per heavy atom. The zero-order valence-electron chi connectivity index (χ0n) is 5.67. The zero-order valence-corrected chi connectivity index (χ0v) is 5.67. The average Bonchev–Trinajstić information content (AvgIpc) is 2.14. The molecule has 0 unspecified atom stereocenters. The molecular formula is C7H12O2. The van der Waals surface area contributed by atoms with Crippen LogP contribution in [0.25, 0.3) is 0 Å². The first-order chi connectivity index (χ1) is 4.42. The molecule has 2 nitrogen and oxygen atoms in total. The van der Waals surface area contributed by atoms with Gasteiger partial charge in [0.25, 0.3) is 0 Å². The fraction of sp³-hybridized carbons (Fsp3) is 1.00. The summed E-state index contributed by atoms with van der Waals surface area (Å²) in [6, 6.07) is 0. The van der Waals surface area contributed by atoms with E-state index >= 15 is 0 Å². The second-order valence-electron chi connectivity index (χ2n) is 2.77. The van der Waals surface area contributed by atoms with Gasteiger partial charge in [-0.15, -0.1) is 0 Å². The maximum Gasteiger partial charge on any atom is 0.163 e. The molecule has 2 rings (SSSR count). The lowest BCUT2D eigenvalue weighted by atomic mass is 9.93. The highest BCUT2D eigenvalue weighted by Crippen LogP contribution is 2.38. The second-order valence-corrected chi connectivity index (χ2v) is 2.77. The van der Waals surface area contributed by atoms with Crippen LogP contribution in [0.5, 0.6) is 0 Å². The monoisotopic (exact) mass is 128 g/mol. The van der Waals surface area contributed by atoms with Crippen LogP contribution in [0.4, 0.5) is 0 Å². The van der Waals surface area contributed by atoms with E-state index in [2.05, 4.69) is 6.92 Å². The summed E-state index contributed by atoms with van der Waals surface area (Å²) in [7, 11) is 0. The summed E-state index contributed by atoms with van der Waals surface area (Å²) in [5, 5.41) is 0. The summed E-state index contributed by atoms with van der Waals surface area (Å²) in [4.78, 5) is 0. The van der Waals surface area contributed by atoms with E-state index in [0.29, 0.717) is 6.10 Å². The normalized spacial score (nSPS) is 48.3. The molecule has 2 saturated heterocycles. The van der Waals surface area contributed by atoms with Crippen LogP contribution < -0.4 is 0 Å². The molecule has 0 amide bonds. The molecular weight excluding hydrogens is 116 g/mol. The molecule has 52 valence electrons. The summed E-state index contributed by atoms with van der Waals surface area (Å²) in [5.41, 5.74) is 0. The lowest BCUT2D eigenvalue weighted by Gasteiger charge is -2.38. The van der Waals surface area contributed by atoms with Crippen molar-refractivity contribution in [2.24, 2.45) is 5.92 Å². The predicted octanol–water partition coefficient (Wildman–Crippen LogP) is 1.16. The molecule has 0 radical (unpaired) electrons. The van der Waals surface area contributed by atoms with Gasteiger partial charge in [0.15, 0.2) is 6.29 Å². The summed E-state index contributed by atoms with van der Waals surface area (Å²) in [6.45, 7) is 3.07. The first-order valence-electron chi connectivity index (χ1n) is 3.69. The summed E-state index contributed by atoms with van der Waals surface area (Å²) < 4.78 is 10.7. The number of ether oxygens (including phenoxy) is 2. The molecule has 2 fully saturated rings. The Hall–Kier alpha value is -0.0800. The van der Waals surface area contributed by atoms with Crippen molar-refractivity contribution >= 4 is 0 Å². The summed E-state index contributed by atoms with van der Waals surface area (Å²) >= 11 is 0. The van der Waals surface area contributed by atoms with Crippen molar-refractivity contribution in [3.63, 3.8) is 0 Å². The Bertz CT molecular complexity index is 113. The maximum atomic E-state index is 5.39. The molecule has 2 heterocycles. The third-order valence-electron chi connectivity index (χ3n) is 2.27. The Morgan fingerprint density at radius 1 is 1.56 bits per heavy atom. The first-order valence-corrected chi connectivity index (χ1v) is 3.69. The van der Waals surface area contributed by atoms with Crippen molar-refractivity contribution < 1.29 is 9.47 Å². The highest BCUT2D eigenvalue weighted by molar-refractivity contribution is 4.85. The molecule has 0 bridgehead atoms. The molecule has 0 aromatic carbocycles. The van der Waals surface area contributed by atoms with Gasteiger partial charge in [0.2, 0.25) is 0 Å². The second kappa shape index (κ2) is 1.96. The van der Waals surface area contributed by atoms with Crippen molar-refractivity contribution in [3.05, 3.63) is 0 Å². The van der Waals surface area contributed by atoms with Crippen LogP contribution in [0.3, 0.4) is 0 Å². The van der Waals surface area contributed by atoms with Crippen LogP contribution in [0, 0.1) is 5.92 Å². The lowest BCUT2D eigenvalue weighted by molar-refractivity contribution is -0.263. The third kappa shape index (κ3) is 0.700.